The fourth-order valence-corrected chi connectivity index (χ4v) is 3.73. The fraction of sp³-hybridized carbons (Fsp3) is 0. The largest absolute Gasteiger partial charge is 0.300 e. The summed E-state index contributed by atoms with van der Waals surface area (Å²) < 4.78 is 11.8. The van der Waals surface area contributed by atoms with Crippen LogP contribution in [-0.4, -0.2) is 12.2 Å². The van der Waals surface area contributed by atoms with E-state index in [1.807, 2.05) is 54.6 Å². The lowest BCUT2D eigenvalue weighted by atomic mass is 10.1. The van der Waals surface area contributed by atoms with Gasteiger partial charge in [-0.15, -0.1) is 0 Å². The summed E-state index contributed by atoms with van der Waals surface area (Å²) in [5.41, 5.74) is 2.07. The van der Waals surface area contributed by atoms with Crippen LogP contribution in [-0.2, 0) is 10.2 Å². The number of halogens is 1. The Kier molecular flexibility index (Phi) is 3.93. The van der Waals surface area contributed by atoms with Crippen LogP contribution in [0.1, 0.15) is 0 Å². The highest BCUT2D eigenvalue weighted by molar-refractivity contribution is 8.14. The van der Waals surface area contributed by atoms with E-state index >= 15 is 0 Å². The molecule has 0 saturated carbocycles. The Morgan fingerprint density at radius 1 is 0.938 bits per heavy atom. The van der Waals surface area contributed by atoms with Crippen LogP contribution >= 0.6 is 11.1 Å². The molecule has 0 aliphatic carbocycles. The van der Waals surface area contributed by atoms with Crippen molar-refractivity contribution in [2.75, 3.05) is 0 Å². The average molecular weight is 265 g/mol. The topological polar surface area (TPSA) is 17.1 Å². The second kappa shape index (κ2) is 5.43. The maximum Gasteiger partial charge on any atom is 0.300 e. The van der Waals surface area contributed by atoms with Gasteiger partial charge in [0.1, 0.15) is 0 Å². The Morgan fingerprint density at radius 3 is 2.25 bits per heavy atom. The predicted octanol–water partition coefficient (Wildman–Crippen LogP) is 3.23. The zero-order valence-electron chi connectivity index (χ0n) is 8.39. The quantitative estimate of drug-likeness (QED) is 0.615. The van der Waals surface area contributed by atoms with Gasteiger partial charge in [0.05, 0.1) is 0 Å². The molecule has 0 amide bonds. The second-order valence-electron chi connectivity index (χ2n) is 3.21. The third-order valence-electron chi connectivity index (χ3n) is 2.24. The van der Waals surface area contributed by atoms with Crippen LogP contribution in [0.3, 0.4) is 0 Å². The highest BCUT2D eigenvalue weighted by atomic mass is 35.6. The minimum Gasteiger partial charge on any atom is -0.260 e. The normalized spacial score (nSPS) is 12.3. The Morgan fingerprint density at radius 2 is 1.56 bits per heavy atom. The molecule has 0 aliphatic heterocycles. The van der Waals surface area contributed by atoms with E-state index in [9.17, 15) is 4.21 Å². The van der Waals surface area contributed by atoms with Crippen LogP contribution in [0.2, 0.25) is 0 Å². The Bertz CT molecular complexity index is 501. The average Bonchev–Trinajstić information content (AvgIpc) is 2.39. The van der Waals surface area contributed by atoms with Gasteiger partial charge in [0.15, 0.2) is 0 Å². The number of hydrogen-bond acceptors (Lipinski definition) is 1. The molecule has 0 heterocycles. The van der Waals surface area contributed by atoms with E-state index < -0.39 is 10.2 Å². The molecule has 80 valence electrons. The van der Waals surface area contributed by atoms with E-state index in [2.05, 4.69) is 0 Å². The van der Waals surface area contributed by atoms with Gasteiger partial charge in [-0.1, -0.05) is 48.5 Å². The highest BCUT2D eigenvalue weighted by Crippen LogP contribution is 2.25. The van der Waals surface area contributed by atoms with Crippen LogP contribution in [0.15, 0.2) is 59.5 Å². The molecule has 2 rings (SSSR count). The summed E-state index contributed by atoms with van der Waals surface area (Å²) in [6.45, 7) is 0. The van der Waals surface area contributed by atoms with E-state index in [0.717, 1.165) is 16.0 Å². The third kappa shape index (κ3) is 2.43. The maximum atomic E-state index is 11.8. The van der Waals surface area contributed by atoms with Crippen molar-refractivity contribution >= 4 is 29.3 Å². The molecule has 2 aromatic carbocycles. The van der Waals surface area contributed by atoms with E-state index in [1.165, 1.54) is 0 Å². The molecular formula is C12H9ClOSSi. The smallest absolute Gasteiger partial charge is 0.260 e. The molecule has 0 N–H and O–H groups in total. The molecule has 16 heavy (non-hydrogen) atoms. The molecule has 0 aliphatic rings. The van der Waals surface area contributed by atoms with Crippen LogP contribution in [0, 0.1) is 0 Å². The van der Waals surface area contributed by atoms with E-state index in [0.29, 0.717) is 0 Å². The number of hydrogen-bond donors (Lipinski definition) is 0. The van der Waals surface area contributed by atoms with Crippen molar-refractivity contribution in [2.45, 2.75) is 4.90 Å². The van der Waals surface area contributed by atoms with Gasteiger partial charge in [0.2, 0.25) is 0 Å². The van der Waals surface area contributed by atoms with Gasteiger partial charge in [0.25, 0.3) is 0 Å². The first-order valence-corrected chi connectivity index (χ1v) is 8.64. The van der Waals surface area contributed by atoms with Crippen molar-refractivity contribution < 1.29 is 4.21 Å². The van der Waals surface area contributed by atoms with Crippen molar-refractivity contribution in [3.63, 3.8) is 0 Å². The van der Waals surface area contributed by atoms with Gasteiger partial charge in [-0.25, -0.2) is 0 Å². The number of rotatable bonds is 3. The van der Waals surface area contributed by atoms with Crippen molar-refractivity contribution in [1.29, 1.82) is 0 Å². The molecule has 0 saturated heterocycles. The summed E-state index contributed by atoms with van der Waals surface area (Å²) in [6, 6.07) is 17.6. The van der Waals surface area contributed by atoms with Crippen LogP contribution in [0.5, 0.6) is 0 Å². The van der Waals surface area contributed by atoms with Crippen molar-refractivity contribution in [1.82, 2.24) is 0 Å². The molecule has 1 atom stereocenters. The first kappa shape index (κ1) is 11.6. The Labute approximate surface area is 104 Å². The summed E-state index contributed by atoms with van der Waals surface area (Å²) in [7, 11) is -1.21. The van der Waals surface area contributed by atoms with Crippen molar-refractivity contribution in [3.05, 3.63) is 54.6 Å². The van der Waals surface area contributed by atoms with Crippen molar-refractivity contribution in [2.24, 2.45) is 0 Å². The molecule has 0 bridgehead atoms. The molecular weight excluding hydrogens is 256 g/mol. The lowest BCUT2D eigenvalue weighted by molar-refractivity contribution is 0.691. The summed E-state index contributed by atoms with van der Waals surface area (Å²) >= 11 is 5.67. The van der Waals surface area contributed by atoms with Gasteiger partial charge >= 0.3 is 7.98 Å². The zero-order valence-corrected chi connectivity index (χ0v) is 11.0. The van der Waals surface area contributed by atoms with E-state index in [4.69, 9.17) is 11.1 Å². The first-order valence-electron chi connectivity index (χ1n) is 4.75. The SMILES string of the molecule is O=S([Si]Cl)c1ccccc1-c1ccccc1. The number of benzene rings is 2. The maximum absolute atomic E-state index is 11.8. The Balaban J connectivity index is 2.53. The van der Waals surface area contributed by atoms with E-state index in [-0.39, 0.29) is 7.98 Å². The highest BCUT2D eigenvalue weighted by Gasteiger charge is 2.10. The Hall–Kier alpha value is -0.903. The molecule has 4 heteroatoms. The molecule has 0 aromatic heterocycles. The lowest BCUT2D eigenvalue weighted by Gasteiger charge is -2.07. The molecule has 0 spiro atoms. The molecule has 2 aromatic rings. The first-order chi connectivity index (χ1) is 7.83. The van der Waals surface area contributed by atoms with Gasteiger partial charge in [-0.3, -0.25) is 4.21 Å². The summed E-state index contributed by atoms with van der Waals surface area (Å²) in [6.07, 6.45) is 0. The van der Waals surface area contributed by atoms with Gasteiger partial charge in [-0.2, -0.15) is 11.1 Å². The molecule has 1 unspecified atom stereocenters. The molecule has 0 fully saturated rings. The summed E-state index contributed by atoms with van der Waals surface area (Å²) in [5, 5.41) is 0. The standard InChI is InChI=1S/C12H9ClOSSi/c13-16-15(14)12-9-5-4-8-11(12)10-6-2-1-3-7-10/h1-9H. The van der Waals surface area contributed by atoms with Gasteiger partial charge < -0.3 is 0 Å². The van der Waals surface area contributed by atoms with Gasteiger partial charge in [-0.05, 0) is 17.2 Å². The second-order valence-corrected chi connectivity index (χ2v) is 7.30. The fourth-order valence-electron chi connectivity index (χ4n) is 1.53. The summed E-state index contributed by atoms with van der Waals surface area (Å²) in [5.74, 6) is 0. The zero-order chi connectivity index (χ0) is 11.4. The van der Waals surface area contributed by atoms with Gasteiger partial charge in [0, 0.05) is 15.1 Å². The predicted molar refractivity (Wildman–Crippen MR) is 69.9 cm³/mol. The minimum atomic E-state index is -1.11. The molecule has 1 nitrogen and oxygen atoms in total. The molecule has 2 radical (unpaired) electrons. The monoisotopic (exact) mass is 264 g/mol. The van der Waals surface area contributed by atoms with Crippen LogP contribution in [0.4, 0.5) is 0 Å². The minimum absolute atomic E-state index is 0.105. The summed E-state index contributed by atoms with van der Waals surface area (Å²) in [4.78, 5) is 0.807. The van der Waals surface area contributed by atoms with E-state index in [1.54, 1.807) is 0 Å². The van der Waals surface area contributed by atoms with Crippen molar-refractivity contribution in [3.8, 4) is 11.1 Å². The lowest BCUT2D eigenvalue weighted by Crippen LogP contribution is -1.97. The van der Waals surface area contributed by atoms with Crippen LogP contribution in [0.25, 0.3) is 11.1 Å². The third-order valence-corrected chi connectivity index (χ3v) is 5.48. The van der Waals surface area contributed by atoms with Crippen LogP contribution < -0.4 is 0 Å².